The second-order valence-corrected chi connectivity index (χ2v) is 4.23. The Hall–Kier alpha value is -1.75. The van der Waals surface area contributed by atoms with E-state index >= 15 is 0 Å². The average molecular weight is 280 g/mol. The van der Waals surface area contributed by atoms with Crippen LogP contribution in [-0.2, 0) is 11.2 Å². The molecule has 0 unspecified atom stereocenters. The van der Waals surface area contributed by atoms with E-state index in [0.29, 0.717) is 19.8 Å². The van der Waals surface area contributed by atoms with E-state index < -0.39 is 0 Å². The average Bonchev–Trinajstić information content (AvgIpc) is 2.47. The lowest BCUT2D eigenvalue weighted by Crippen LogP contribution is -2.38. The number of hydrogen-bond acceptors (Lipinski definition) is 3. The monoisotopic (exact) mass is 280 g/mol. The maximum atomic E-state index is 11.5. The van der Waals surface area contributed by atoms with E-state index in [2.05, 4.69) is 17.6 Å². The van der Waals surface area contributed by atoms with Gasteiger partial charge in [-0.25, -0.2) is 4.79 Å². The van der Waals surface area contributed by atoms with Crippen molar-refractivity contribution < 1.29 is 14.3 Å². The first kappa shape index (κ1) is 16.3. The Bertz CT molecular complexity index is 396. The van der Waals surface area contributed by atoms with Gasteiger partial charge in [-0.1, -0.05) is 25.1 Å². The number of nitrogens with one attached hydrogen (secondary N) is 2. The van der Waals surface area contributed by atoms with Gasteiger partial charge >= 0.3 is 6.03 Å². The number of carbonyl (C=O) groups is 1. The highest BCUT2D eigenvalue weighted by Gasteiger charge is 2.02. The van der Waals surface area contributed by atoms with Crippen LogP contribution in [0.4, 0.5) is 4.79 Å². The maximum absolute atomic E-state index is 11.5. The summed E-state index contributed by atoms with van der Waals surface area (Å²) in [6.07, 6.45) is 1.71. The van der Waals surface area contributed by atoms with Crippen LogP contribution in [0.2, 0.25) is 0 Å². The molecule has 2 amide bonds. The van der Waals surface area contributed by atoms with Gasteiger partial charge in [0.05, 0.1) is 0 Å². The topological polar surface area (TPSA) is 59.6 Å². The Morgan fingerprint density at radius 1 is 1.20 bits per heavy atom. The molecule has 0 bridgehead atoms. The van der Waals surface area contributed by atoms with Crippen molar-refractivity contribution in [2.24, 2.45) is 0 Å². The van der Waals surface area contributed by atoms with Gasteiger partial charge in [0, 0.05) is 19.8 Å². The Balaban J connectivity index is 2.15. The summed E-state index contributed by atoms with van der Waals surface area (Å²) in [5, 5.41) is 5.41. The van der Waals surface area contributed by atoms with E-state index in [9.17, 15) is 4.79 Å². The van der Waals surface area contributed by atoms with E-state index in [1.807, 2.05) is 31.2 Å². The molecular weight excluding hydrogens is 256 g/mol. The minimum absolute atomic E-state index is 0.161. The van der Waals surface area contributed by atoms with E-state index in [0.717, 1.165) is 24.2 Å². The number of para-hydroxylation sites is 1. The first-order valence-corrected chi connectivity index (χ1v) is 7.08. The van der Waals surface area contributed by atoms with E-state index in [4.69, 9.17) is 9.47 Å². The molecule has 1 aromatic carbocycles. The summed E-state index contributed by atoms with van der Waals surface area (Å²) in [5.41, 5.74) is 1.13. The van der Waals surface area contributed by atoms with Crippen molar-refractivity contribution >= 4 is 6.03 Å². The van der Waals surface area contributed by atoms with Crippen molar-refractivity contribution in [3.8, 4) is 5.75 Å². The smallest absolute Gasteiger partial charge is 0.317 e. The summed E-state index contributed by atoms with van der Waals surface area (Å²) in [5.74, 6) is 0.812. The number of amides is 2. The molecule has 2 N–H and O–H groups in total. The lowest BCUT2D eigenvalue weighted by Gasteiger charge is -2.11. The summed E-state index contributed by atoms with van der Waals surface area (Å²) >= 11 is 0. The number of ether oxygens (including phenoxy) is 2. The number of hydrogen-bond donors (Lipinski definition) is 2. The minimum atomic E-state index is -0.226. The zero-order chi connectivity index (χ0) is 14.6. The van der Waals surface area contributed by atoms with Gasteiger partial charge in [-0.05, 0) is 31.4 Å². The highest BCUT2D eigenvalue weighted by atomic mass is 16.5. The van der Waals surface area contributed by atoms with Gasteiger partial charge < -0.3 is 20.1 Å². The normalized spacial score (nSPS) is 10.1. The third kappa shape index (κ3) is 6.43. The number of carbonyl (C=O) groups excluding carboxylic acids is 1. The second-order valence-electron chi connectivity index (χ2n) is 4.23. The first-order valence-electron chi connectivity index (χ1n) is 7.08. The molecular formula is C15H24N2O3. The lowest BCUT2D eigenvalue weighted by atomic mass is 10.1. The van der Waals surface area contributed by atoms with Gasteiger partial charge in [0.2, 0.25) is 0 Å². The molecule has 5 nitrogen and oxygen atoms in total. The Labute approximate surface area is 120 Å². The van der Waals surface area contributed by atoms with Gasteiger partial charge in [0.15, 0.2) is 6.73 Å². The fourth-order valence-electron chi connectivity index (χ4n) is 1.70. The molecule has 0 spiro atoms. The molecule has 112 valence electrons. The summed E-state index contributed by atoms with van der Waals surface area (Å²) in [6, 6.07) is 7.59. The molecule has 1 aromatic rings. The highest BCUT2D eigenvalue weighted by Crippen LogP contribution is 2.17. The van der Waals surface area contributed by atoms with Gasteiger partial charge in [-0.3, -0.25) is 0 Å². The molecule has 0 radical (unpaired) electrons. The van der Waals surface area contributed by atoms with E-state index in [-0.39, 0.29) is 12.8 Å². The first-order chi connectivity index (χ1) is 9.77. The Morgan fingerprint density at radius 3 is 2.75 bits per heavy atom. The van der Waals surface area contributed by atoms with E-state index in [1.165, 1.54) is 0 Å². The van der Waals surface area contributed by atoms with Crippen molar-refractivity contribution in [1.29, 1.82) is 0 Å². The number of aryl methyl sites for hydroxylation is 1. The van der Waals surface area contributed by atoms with Crippen LogP contribution < -0.4 is 15.4 Å². The third-order valence-corrected chi connectivity index (χ3v) is 2.77. The predicted octanol–water partition coefficient (Wildman–Crippen LogP) is 2.31. The van der Waals surface area contributed by atoms with Crippen LogP contribution in [0.1, 0.15) is 25.8 Å². The fraction of sp³-hybridized carbons (Fsp3) is 0.533. The van der Waals surface area contributed by atoms with Crippen LogP contribution >= 0.6 is 0 Å². The fourth-order valence-corrected chi connectivity index (χ4v) is 1.70. The van der Waals surface area contributed by atoms with Crippen molar-refractivity contribution in [3.05, 3.63) is 29.8 Å². The maximum Gasteiger partial charge on any atom is 0.317 e. The molecule has 0 heterocycles. The number of urea groups is 1. The van der Waals surface area contributed by atoms with Crippen molar-refractivity contribution in [2.75, 3.05) is 26.5 Å². The van der Waals surface area contributed by atoms with Gasteiger partial charge in [0.25, 0.3) is 0 Å². The van der Waals surface area contributed by atoms with Crippen LogP contribution in [-0.4, -0.2) is 32.5 Å². The quantitative estimate of drug-likeness (QED) is 0.539. The molecule has 0 atom stereocenters. The van der Waals surface area contributed by atoms with Crippen LogP contribution in [0.25, 0.3) is 0 Å². The summed E-state index contributed by atoms with van der Waals surface area (Å²) in [4.78, 5) is 11.5. The van der Waals surface area contributed by atoms with Crippen LogP contribution in [0.3, 0.4) is 0 Å². The molecule has 20 heavy (non-hydrogen) atoms. The lowest BCUT2D eigenvalue weighted by molar-refractivity contribution is 0.145. The van der Waals surface area contributed by atoms with Gasteiger partial charge in [-0.2, -0.15) is 0 Å². The molecule has 0 aliphatic heterocycles. The zero-order valence-electron chi connectivity index (χ0n) is 12.3. The Morgan fingerprint density at radius 2 is 2.00 bits per heavy atom. The molecule has 0 aliphatic rings. The minimum Gasteiger partial charge on any atom is -0.473 e. The molecule has 5 heteroatoms. The predicted molar refractivity (Wildman–Crippen MR) is 79.0 cm³/mol. The third-order valence-electron chi connectivity index (χ3n) is 2.77. The molecule has 0 aliphatic carbocycles. The van der Waals surface area contributed by atoms with E-state index in [1.54, 1.807) is 0 Å². The summed E-state index contributed by atoms with van der Waals surface area (Å²) < 4.78 is 10.7. The second kappa shape index (κ2) is 10.1. The largest absolute Gasteiger partial charge is 0.473 e. The number of rotatable bonds is 9. The van der Waals surface area contributed by atoms with Crippen LogP contribution in [0.5, 0.6) is 5.75 Å². The molecule has 1 rings (SSSR count). The molecule has 0 fully saturated rings. The summed E-state index contributed by atoms with van der Waals surface area (Å²) in [7, 11) is 0. The van der Waals surface area contributed by atoms with Crippen LogP contribution in [0, 0.1) is 0 Å². The summed E-state index contributed by atoms with van der Waals surface area (Å²) in [6.45, 7) is 6.14. The van der Waals surface area contributed by atoms with Gasteiger partial charge in [-0.15, -0.1) is 0 Å². The number of benzene rings is 1. The highest BCUT2D eigenvalue weighted by molar-refractivity contribution is 5.73. The van der Waals surface area contributed by atoms with Gasteiger partial charge in [0.1, 0.15) is 5.75 Å². The molecule has 0 saturated carbocycles. The molecule has 0 aromatic heterocycles. The standard InChI is InChI=1S/C15H24N2O3/c1-3-13-8-5-6-9-14(13)20-12-17-15(18)16-10-7-11-19-4-2/h5-6,8-9H,3-4,7,10-12H2,1-2H3,(H2,16,17,18). The Kier molecular flexibility index (Phi) is 8.22. The van der Waals surface area contributed by atoms with Crippen molar-refractivity contribution in [2.45, 2.75) is 26.7 Å². The zero-order valence-corrected chi connectivity index (χ0v) is 12.3. The SMILES string of the molecule is CCOCCCNC(=O)NCOc1ccccc1CC. The van der Waals surface area contributed by atoms with Crippen LogP contribution in [0.15, 0.2) is 24.3 Å². The molecule has 0 saturated heterocycles. The van der Waals surface area contributed by atoms with Crippen molar-refractivity contribution in [1.82, 2.24) is 10.6 Å². The van der Waals surface area contributed by atoms with Crippen molar-refractivity contribution in [3.63, 3.8) is 0 Å².